The number of aryl methyl sites for hydroxylation is 1. The predicted octanol–water partition coefficient (Wildman–Crippen LogP) is 2.52. The summed E-state index contributed by atoms with van der Waals surface area (Å²) in [6.07, 6.45) is 4.19. The SMILES string of the molecule is CCn1ncc(N2CCCC(CC(=O)Nc3cccc(OC)c3)C2)cc1=O. The number of carbonyl (C=O) groups is 1. The lowest BCUT2D eigenvalue weighted by atomic mass is 9.94. The summed E-state index contributed by atoms with van der Waals surface area (Å²) in [7, 11) is 1.60. The third kappa shape index (κ3) is 4.87. The van der Waals surface area contributed by atoms with Crippen molar-refractivity contribution in [3.63, 3.8) is 0 Å². The molecule has 0 radical (unpaired) electrons. The summed E-state index contributed by atoms with van der Waals surface area (Å²) in [5.74, 6) is 0.957. The minimum absolute atomic E-state index is 0.00497. The van der Waals surface area contributed by atoms with Gasteiger partial charge in [-0.2, -0.15) is 5.10 Å². The Balaban J connectivity index is 1.60. The lowest BCUT2D eigenvalue weighted by molar-refractivity contribution is -0.117. The summed E-state index contributed by atoms with van der Waals surface area (Å²) in [4.78, 5) is 26.6. The van der Waals surface area contributed by atoms with Gasteiger partial charge in [0.15, 0.2) is 0 Å². The second-order valence-electron chi connectivity index (χ2n) is 6.81. The molecule has 1 atom stereocenters. The lowest BCUT2D eigenvalue weighted by Crippen LogP contribution is -2.38. The van der Waals surface area contributed by atoms with Crippen molar-refractivity contribution < 1.29 is 9.53 Å². The molecule has 144 valence electrons. The van der Waals surface area contributed by atoms with Gasteiger partial charge in [-0.25, -0.2) is 4.68 Å². The smallest absolute Gasteiger partial charge is 0.268 e. The van der Waals surface area contributed by atoms with E-state index in [1.807, 2.05) is 25.1 Å². The van der Waals surface area contributed by atoms with Crippen LogP contribution < -0.4 is 20.5 Å². The maximum atomic E-state index is 12.4. The second kappa shape index (κ2) is 8.70. The monoisotopic (exact) mass is 370 g/mol. The minimum atomic E-state index is -0.0899. The zero-order valence-electron chi connectivity index (χ0n) is 15.9. The van der Waals surface area contributed by atoms with E-state index in [0.717, 1.165) is 37.3 Å². The molecule has 1 aromatic heterocycles. The van der Waals surface area contributed by atoms with E-state index in [0.29, 0.717) is 18.7 Å². The molecule has 1 N–H and O–H groups in total. The number of rotatable bonds is 6. The standard InChI is InChI=1S/C20H26N4O3/c1-3-24-20(26)12-17(13-21-24)23-9-5-6-15(14-23)10-19(25)22-16-7-4-8-18(11-16)27-2/h4,7-8,11-13,15H,3,5-6,9-10,14H2,1-2H3,(H,22,25). The second-order valence-corrected chi connectivity index (χ2v) is 6.81. The van der Waals surface area contributed by atoms with Gasteiger partial charge in [-0.15, -0.1) is 0 Å². The number of aromatic nitrogens is 2. The summed E-state index contributed by atoms with van der Waals surface area (Å²) in [5, 5.41) is 7.14. The van der Waals surface area contributed by atoms with Crippen LogP contribution in [0.15, 0.2) is 41.3 Å². The van der Waals surface area contributed by atoms with Gasteiger partial charge < -0.3 is 15.0 Å². The Morgan fingerprint density at radius 2 is 2.22 bits per heavy atom. The molecule has 1 aromatic carbocycles. The molecule has 1 unspecified atom stereocenters. The summed E-state index contributed by atoms with van der Waals surface area (Å²) in [6.45, 7) is 4.09. The Morgan fingerprint density at radius 3 is 2.96 bits per heavy atom. The molecule has 7 heteroatoms. The number of anilines is 2. The molecule has 3 rings (SSSR count). The molecule has 0 bridgehead atoms. The first-order valence-electron chi connectivity index (χ1n) is 9.35. The van der Waals surface area contributed by atoms with Crippen LogP contribution in [0.5, 0.6) is 5.75 Å². The van der Waals surface area contributed by atoms with Gasteiger partial charge >= 0.3 is 0 Å². The number of carbonyl (C=O) groups excluding carboxylic acids is 1. The normalized spacial score (nSPS) is 16.8. The average molecular weight is 370 g/mol. The van der Waals surface area contributed by atoms with Crippen LogP contribution >= 0.6 is 0 Å². The molecular weight excluding hydrogens is 344 g/mol. The number of methoxy groups -OCH3 is 1. The van der Waals surface area contributed by atoms with Crippen LogP contribution in [0.1, 0.15) is 26.2 Å². The number of piperidine rings is 1. The van der Waals surface area contributed by atoms with Crippen molar-refractivity contribution in [2.75, 3.05) is 30.4 Å². The van der Waals surface area contributed by atoms with Crippen molar-refractivity contribution in [2.45, 2.75) is 32.7 Å². The maximum Gasteiger partial charge on any atom is 0.268 e. The number of hydrogen-bond acceptors (Lipinski definition) is 5. The van der Waals surface area contributed by atoms with Gasteiger partial charge in [0.1, 0.15) is 5.75 Å². The van der Waals surface area contributed by atoms with Gasteiger partial charge in [0.05, 0.1) is 19.0 Å². The molecule has 27 heavy (non-hydrogen) atoms. The quantitative estimate of drug-likeness (QED) is 0.846. The Kier molecular flexibility index (Phi) is 6.11. The summed E-state index contributed by atoms with van der Waals surface area (Å²) >= 11 is 0. The highest BCUT2D eigenvalue weighted by molar-refractivity contribution is 5.91. The van der Waals surface area contributed by atoms with E-state index in [1.165, 1.54) is 4.68 Å². The zero-order chi connectivity index (χ0) is 19.2. The summed E-state index contributed by atoms with van der Waals surface area (Å²) < 4.78 is 6.62. The van der Waals surface area contributed by atoms with Gasteiger partial charge in [0, 0.05) is 43.9 Å². The van der Waals surface area contributed by atoms with Gasteiger partial charge in [-0.1, -0.05) is 6.07 Å². The van der Waals surface area contributed by atoms with E-state index in [9.17, 15) is 9.59 Å². The van der Waals surface area contributed by atoms with Crippen LogP contribution in [0.25, 0.3) is 0 Å². The number of hydrogen-bond donors (Lipinski definition) is 1. The van der Waals surface area contributed by atoms with Crippen LogP contribution in [-0.2, 0) is 11.3 Å². The van der Waals surface area contributed by atoms with E-state index in [2.05, 4.69) is 15.3 Å². The van der Waals surface area contributed by atoms with Crippen molar-refractivity contribution in [1.29, 1.82) is 0 Å². The van der Waals surface area contributed by atoms with E-state index in [4.69, 9.17) is 4.74 Å². The first kappa shape index (κ1) is 18.9. The topological polar surface area (TPSA) is 76.5 Å². The fourth-order valence-corrected chi connectivity index (χ4v) is 3.48. The van der Waals surface area contributed by atoms with Crippen LogP contribution in [0, 0.1) is 5.92 Å². The lowest BCUT2D eigenvalue weighted by Gasteiger charge is -2.33. The highest BCUT2D eigenvalue weighted by atomic mass is 16.5. The van der Waals surface area contributed by atoms with E-state index >= 15 is 0 Å². The van der Waals surface area contributed by atoms with Crippen LogP contribution in [0.3, 0.4) is 0 Å². The Hall–Kier alpha value is -2.83. The predicted molar refractivity (Wildman–Crippen MR) is 105 cm³/mol. The molecular formula is C20H26N4O3. The van der Waals surface area contributed by atoms with Gasteiger partial charge in [-0.3, -0.25) is 9.59 Å². The third-order valence-corrected chi connectivity index (χ3v) is 4.87. The van der Waals surface area contributed by atoms with Crippen LogP contribution in [-0.4, -0.2) is 35.9 Å². The molecule has 1 amide bonds. The summed E-state index contributed by atoms with van der Waals surface area (Å²) in [5.41, 5.74) is 1.48. The van der Waals surface area contributed by atoms with Crippen molar-refractivity contribution >= 4 is 17.3 Å². The molecule has 2 heterocycles. The maximum absolute atomic E-state index is 12.4. The number of nitrogens with zero attached hydrogens (tertiary/aromatic N) is 3. The zero-order valence-corrected chi connectivity index (χ0v) is 15.9. The van der Waals surface area contributed by atoms with Gasteiger partial charge in [0.2, 0.25) is 5.91 Å². The molecule has 1 saturated heterocycles. The molecule has 0 spiro atoms. The fraction of sp³-hybridized carbons (Fsp3) is 0.450. The largest absolute Gasteiger partial charge is 0.497 e. The molecule has 1 aliphatic heterocycles. The van der Waals surface area contributed by atoms with Crippen molar-refractivity contribution in [3.05, 3.63) is 46.9 Å². The van der Waals surface area contributed by atoms with Crippen molar-refractivity contribution in [3.8, 4) is 5.75 Å². The molecule has 7 nitrogen and oxygen atoms in total. The molecule has 1 fully saturated rings. The number of ether oxygens (including phenoxy) is 1. The number of amides is 1. The first-order chi connectivity index (χ1) is 13.1. The van der Waals surface area contributed by atoms with E-state index in [-0.39, 0.29) is 17.4 Å². The molecule has 0 saturated carbocycles. The molecule has 2 aromatic rings. The third-order valence-electron chi connectivity index (χ3n) is 4.87. The van der Waals surface area contributed by atoms with Gasteiger partial charge in [-0.05, 0) is 37.8 Å². The number of benzene rings is 1. The summed E-state index contributed by atoms with van der Waals surface area (Å²) in [6, 6.07) is 8.98. The highest BCUT2D eigenvalue weighted by Crippen LogP contribution is 2.24. The average Bonchev–Trinajstić information content (AvgIpc) is 2.68. The van der Waals surface area contributed by atoms with E-state index in [1.54, 1.807) is 25.4 Å². The van der Waals surface area contributed by atoms with Crippen molar-refractivity contribution in [1.82, 2.24) is 9.78 Å². The molecule has 0 aliphatic carbocycles. The Labute approximate surface area is 158 Å². The fourth-order valence-electron chi connectivity index (χ4n) is 3.48. The van der Waals surface area contributed by atoms with Crippen LogP contribution in [0.4, 0.5) is 11.4 Å². The van der Waals surface area contributed by atoms with Crippen LogP contribution in [0.2, 0.25) is 0 Å². The van der Waals surface area contributed by atoms with Crippen molar-refractivity contribution in [2.24, 2.45) is 5.92 Å². The molecule has 1 aliphatic rings. The Morgan fingerprint density at radius 1 is 1.37 bits per heavy atom. The Bertz CT molecular complexity index is 849. The first-order valence-corrected chi connectivity index (χ1v) is 9.35. The number of nitrogens with one attached hydrogen (secondary N) is 1. The van der Waals surface area contributed by atoms with Gasteiger partial charge in [0.25, 0.3) is 5.56 Å². The minimum Gasteiger partial charge on any atom is -0.497 e. The highest BCUT2D eigenvalue weighted by Gasteiger charge is 2.23. The van der Waals surface area contributed by atoms with E-state index < -0.39 is 0 Å².